The summed E-state index contributed by atoms with van der Waals surface area (Å²) < 4.78 is 0. The summed E-state index contributed by atoms with van der Waals surface area (Å²) in [5, 5.41) is 0.807. The van der Waals surface area contributed by atoms with Crippen LogP contribution in [0, 0.1) is 0 Å². The van der Waals surface area contributed by atoms with Gasteiger partial charge in [-0.2, -0.15) is 0 Å². The molecule has 4 heteroatoms. The molecule has 1 heterocycles. The first-order valence-corrected chi connectivity index (χ1v) is 6.40. The van der Waals surface area contributed by atoms with E-state index in [0.29, 0.717) is 6.04 Å². The van der Waals surface area contributed by atoms with Crippen LogP contribution in [-0.4, -0.2) is 23.1 Å². The van der Waals surface area contributed by atoms with Crippen LogP contribution in [0.3, 0.4) is 0 Å². The summed E-state index contributed by atoms with van der Waals surface area (Å²) in [5.41, 5.74) is 1.11. The fraction of sp³-hybridized carbons (Fsp3) is 0.636. The molecular weight excluding hydrogens is 254 g/mol. The quantitative estimate of drug-likeness (QED) is 0.771. The molecule has 0 aliphatic carbocycles. The first kappa shape index (κ1) is 12.4. The van der Waals surface area contributed by atoms with Gasteiger partial charge < -0.3 is 4.90 Å². The third-order valence-corrected chi connectivity index (χ3v) is 3.18. The summed E-state index contributed by atoms with van der Waals surface area (Å²) >= 11 is 3.38. The van der Waals surface area contributed by atoms with Gasteiger partial charge in [0.2, 0.25) is 5.95 Å². The molecule has 84 valence electrons. The lowest BCUT2D eigenvalue weighted by Crippen LogP contribution is -2.30. The zero-order valence-corrected chi connectivity index (χ0v) is 11.2. The minimum absolute atomic E-state index is 0.491. The smallest absolute Gasteiger partial charge is 0.225 e. The van der Waals surface area contributed by atoms with Crippen molar-refractivity contribution in [3.05, 3.63) is 18.0 Å². The molecule has 1 aromatic rings. The molecule has 0 saturated carbocycles. The third-order valence-electron chi connectivity index (χ3n) is 2.53. The van der Waals surface area contributed by atoms with E-state index in [4.69, 9.17) is 0 Å². The van der Waals surface area contributed by atoms with Gasteiger partial charge in [0.25, 0.3) is 0 Å². The number of halogens is 1. The number of rotatable bonds is 5. The van der Waals surface area contributed by atoms with Crippen LogP contribution in [0.5, 0.6) is 0 Å². The maximum atomic E-state index is 4.34. The Hall–Kier alpha value is -0.640. The van der Waals surface area contributed by atoms with Gasteiger partial charge >= 0.3 is 0 Å². The molecule has 0 aliphatic heterocycles. The van der Waals surface area contributed by atoms with Gasteiger partial charge in [-0.15, -0.1) is 0 Å². The summed E-state index contributed by atoms with van der Waals surface area (Å²) in [6.45, 7) is 4.39. The lowest BCUT2D eigenvalue weighted by molar-refractivity contribution is 0.605. The van der Waals surface area contributed by atoms with Crippen LogP contribution in [0.1, 0.15) is 32.3 Å². The van der Waals surface area contributed by atoms with Crippen LogP contribution >= 0.6 is 15.9 Å². The van der Waals surface area contributed by atoms with Crippen molar-refractivity contribution in [2.45, 2.75) is 38.1 Å². The fourth-order valence-corrected chi connectivity index (χ4v) is 1.70. The van der Waals surface area contributed by atoms with Crippen LogP contribution in [0.4, 0.5) is 5.95 Å². The van der Waals surface area contributed by atoms with E-state index >= 15 is 0 Å². The molecule has 3 nitrogen and oxygen atoms in total. The average Bonchev–Trinajstić information content (AvgIpc) is 2.28. The van der Waals surface area contributed by atoms with E-state index in [1.54, 1.807) is 0 Å². The van der Waals surface area contributed by atoms with Crippen LogP contribution < -0.4 is 4.90 Å². The van der Waals surface area contributed by atoms with E-state index < -0.39 is 0 Å². The van der Waals surface area contributed by atoms with E-state index in [1.165, 1.54) is 12.8 Å². The van der Waals surface area contributed by atoms with Gasteiger partial charge in [-0.05, 0) is 18.9 Å². The molecule has 0 saturated heterocycles. The summed E-state index contributed by atoms with van der Waals surface area (Å²) in [4.78, 5) is 10.8. The molecule has 0 bridgehead atoms. The van der Waals surface area contributed by atoms with Crippen molar-refractivity contribution in [1.82, 2.24) is 9.97 Å². The molecule has 0 N–H and O–H groups in total. The van der Waals surface area contributed by atoms with E-state index in [1.807, 2.05) is 19.4 Å². The Morgan fingerprint density at radius 2 is 2.00 bits per heavy atom. The standard InChI is InChI=1S/C11H18BrN3/c1-4-5-9(2)15(3)11-13-7-10(6-12)8-14-11/h7-9H,4-6H2,1-3H3. The highest BCUT2D eigenvalue weighted by molar-refractivity contribution is 9.08. The Bertz CT molecular complexity index is 286. The van der Waals surface area contributed by atoms with Crippen LogP contribution in [-0.2, 0) is 5.33 Å². The third kappa shape index (κ3) is 3.45. The topological polar surface area (TPSA) is 29.0 Å². The highest BCUT2D eigenvalue weighted by Gasteiger charge is 2.10. The van der Waals surface area contributed by atoms with E-state index in [2.05, 4.69) is 44.6 Å². The Kier molecular flexibility index (Phi) is 5.02. The number of hydrogen-bond acceptors (Lipinski definition) is 3. The number of hydrogen-bond donors (Lipinski definition) is 0. The Labute approximate surface area is 100 Å². The molecule has 1 unspecified atom stereocenters. The normalized spacial score (nSPS) is 12.5. The second-order valence-corrected chi connectivity index (χ2v) is 4.33. The van der Waals surface area contributed by atoms with Crippen LogP contribution in [0.2, 0.25) is 0 Å². The summed E-state index contributed by atoms with van der Waals surface area (Å²) in [6, 6.07) is 0.491. The summed E-state index contributed by atoms with van der Waals surface area (Å²) in [7, 11) is 2.05. The highest BCUT2D eigenvalue weighted by atomic mass is 79.9. The molecule has 0 fully saturated rings. The van der Waals surface area contributed by atoms with Gasteiger partial charge in [-0.3, -0.25) is 0 Å². The molecule has 0 radical (unpaired) electrons. The maximum absolute atomic E-state index is 4.34. The van der Waals surface area contributed by atoms with Gasteiger partial charge in [-0.1, -0.05) is 29.3 Å². The van der Waals surface area contributed by atoms with E-state index in [0.717, 1.165) is 16.8 Å². The van der Waals surface area contributed by atoms with Gasteiger partial charge in [0.1, 0.15) is 0 Å². The molecule has 0 amide bonds. The van der Waals surface area contributed by atoms with Crippen molar-refractivity contribution >= 4 is 21.9 Å². The van der Waals surface area contributed by atoms with E-state index in [9.17, 15) is 0 Å². The molecular formula is C11H18BrN3. The van der Waals surface area contributed by atoms with Gasteiger partial charge in [0.15, 0.2) is 0 Å². The van der Waals surface area contributed by atoms with Gasteiger partial charge in [0.05, 0.1) is 0 Å². The van der Waals surface area contributed by atoms with Crippen molar-refractivity contribution in [3.63, 3.8) is 0 Å². The molecule has 1 rings (SSSR count). The Morgan fingerprint density at radius 1 is 1.40 bits per heavy atom. The lowest BCUT2D eigenvalue weighted by atomic mass is 10.2. The Morgan fingerprint density at radius 3 is 2.47 bits per heavy atom. The minimum Gasteiger partial charge on any atom is -0.341 e. The second-order valence-electron chi connectivity index (χ2n) is 3.77. The predicted octanol–water partition coefficient (Wildman–Crippen LogP) is 3.00. The number of aromatic nitrogens is 2. The number of alkyl halides is 1. The minimum atomic E-state index is 0.491. The van der Waals surface area contributed by atoms with Gasteiger partial charge in [-0.25, -0.2) is 9.97 Å². The monoisotopic (exact) mass is 271 g/mol. The molecule has 0 spiro atoms. The number of nitrogens with zero attached hydrogens (tertiary/aromatic N) is 3. The Balaban J connectivity index is 2.69. The predicted molar refractivity (Wildman–Crippen MR) is 67.4 cm³/mol. The molecule has 1 aromatic heterocycles. The van der Waals surface area contributed by atoms with Gasteiger partial charge in [0, 0.05) is 30.8 Å². The van der Waals surface area contributed by atoms with Crippen molar-refractivity contribution < 1.29 is 0 Å². The zero-order valence-electron chi connectivity index (χ0n) is 9.57. The fourth-order valence-electron chi connectivity index (χ4n) is 1.41. The number of anilines is 1. The maximum Gasteiger partial charge on any atom is 0.225 e. The van der Waals surface area contributed by atoms with Crippen molar-refractivity contribution in [3.8, 4) is 0 Å². The zero-order chi connectivity index (χ0) is 11.3. The first-order chi connectivity index (χ1) is 7.19. The largest absolute Gasteiger partial charge is 0.341 e. The first-order valence-electron chi connectivity index (χ1n) is 5.28. The molecule has 0 aliphatic rings. The van der Waals surface area contributed by atoms with Crippen LogP contribution in [0.25, 0.3) is 0 Å². The molecule has 0 aromatic carbocycles. The van der Waals surface area contributed by atoms with Crippen molar-refractivity contribution in [2.24, 2.45) is 0 Å². The summed E-state index contributed by atoms with van der Waals surface area (Å²) in [5.74, 6) is 0.806. The van der Waals surface area contributed by atoms with Crippen molar-refractivity contribution in [1.29, 1.82) is 0 Å². The molecule has 1 atom stereocenters. The average molecular weight is 272 g/mol. The second kappa shape index (κ2) is 6.05. The van der Waals surface area contributed by atoms with Crippen molar-refractivity contribution in [2.75, 3.05) is 11.9 Å². The van der Waals surface area contributed by atoms with E-state index in [-0.39, 0.29) is 0 Å². The molecule has 15 heavy (non-hydrogen) atoms. The highest BCUT2D eigenvalue weighted by Crippen LogP contribution is 2.12. The van der Waals surface area contributed by atoms with Crippen LogP contribution in [0.15, 0.2) is 12.4 Å². The summed E-state index contributed by atoms with van der Waals surface area (Å²) in [6.07, 6.45) is 6.09. The lowest BCUT2D eigenvalue weighted by Gasteiger charge is -2.24. The SMILES string of the molecule is CCCC(C)N(C)c1ncc(CBr)cn1.